The number of carbonyl (C=O) groups excluding carboxylic acids is 1. The number of carboxylic acids is 1. The zero-order chi connectivity index (χ0) is 14.1. The van der Waals surface area contributed by atoms with E-state index in [1.165, 1.54) is 0 Å². The predicted molar refractivity (Wildman–Crippen MR) is 71.7 cm³/mol. The van der Waals surface area contributed by atoms with Crippen LogP contribution in [0.15, 0.2) is 18.2 Å². The summed E-state index contributed by atoms with van der Waals surface area (Å²) in [6.07, 6.45) is 1.78. The van der Waals surface area contributed by atoms with Crippen molar-refractivity contribution in [1.82, 2.24) is 4.90 Å². The van der Waals surface area contributed by atoms with E-state index in [2.05, 4.69) is 0 Å². The van der Waals surface area contributed by atoms with Crippen LogP contribution in [0.1, 0.15) is 17.5 Å². The summed E-state index contributed by atoms with van der Waals surface area (Å²) >= 11 is 0. The maximum absolute atomic E-state index is 12.2. The van der Waals surface area contributed by atoms with Crippen molar-refractivity contribution in [3.8, 4) is 5.75 Å². The Labute approximate surface area is 117 Å². The molecule has 0 saturated carbocycles. The highest BCUT2D eigenvalue weighted by atomic mass is 16.5. The summed E-state index contributed by atoms with van der Waals surface area (Å²) in [6, 6.07) is 5.84. The predicted octanol–water partition coefficient (Wildman–Crippen LogP) is 1.10. The number of ether oxygens (including phenoxy) is 1. The first-order valence-corrected chi connectivity index (χ1v) is 6.88. The van der Waals surface area contributed by atoms with E-state index in [0.717, 1.165) is 23.3 Å². The molecule has 5 heteroatoms. The lowest BCUT2D eigenvalue weighted by Gasteiger charge is -2.16. The molecule has 1 aromatic carbocycles. The van der Waals surface area contributed by atoms with Gasteiger partial charge in [-0.15, -0.1) is 0 Å². The van der Waals surface area contributed by atoms with E-state index >= 15 is 0 Å². The monoisotopic (exact) mass is 275 g/mol. The molecule has 1 saturated heterocycles. The van der Waals surface area contributed by atoms with Gasteiger partial charge in [0.2, 0.25) is 5.91 Å². The summed E-state index contributed by atoms with van der Waals surface area (Å²) in [5.41, 5.74) is 2.12. The summed E-state index contributed by atoms with van der Waals surface area (Å²) in [7, 11) is 0. The van der Waals surface area contributed by atoms with Crippen molar-refractivity contribution in [2.24, 2.45) is 5.92 Å². The van der Waals surface area contributed by atoms with Crippen LogP contribution in [0.3, 0.4) is 0 Å². The average Bonchev–Trinajstić information content (AvgIpc) is 3.07. The van der Waals surface area contributed by atoms with Crippen molar-refractivity contribution in [1.29, 1.82) is 0 Å². The quantitative estimate of drug-likeness (QED) is 0.897. The first kappa shape index (κ1) is 13.0. The molecule has 0 aromatic heterocycles. The Morgan fingerprint density at radius 1 is 1.40 bits per heavy atom. The van der Waals surface area contributed by atoms with Crippen LogP contribution in [0.2, 0.25) is 0 Å². The molecule has 0 spiro atoms. The molecule has 20 heavy (non-hydrogen) atoms. The SMILES string of the molecule is O=C(O)C1CCN(C(=O)Cc2ccc3c(c2)CCO3)C1. The lowest BCUT2D eigenvalue weighted by Crippen LogP contribution is -2.31. The van der Waals surface area contributed by atoms with Gasteiger partial charge < -0.3 is 14.7 Å². The van der Waals surface area contributed by atoms with Gasteiger partial charge in [0, 0.05) is 19.5 Å². The minimum atomic E-state index is -0.810. The molecular weight excluding hydrogens is 258 g/mol. The molecule has 0 radical (unpaired) electrons. The zero-order valence-electron chi connectivity index (χ0n) is 11.2. The van der Waals surface area contributed by atoms with Crippen molar-refractivity contribution in [2.45, 2.75) is 19.3 Å². The topological polar surface area (TPSA) is 66.8 Å². The van der Waals surface area contributed by atoms with Crippen LogP contribution >= 0.6 is 0 Å². The molecule has 1 atom stereocenters. The normalized spacial score (nSPS) is 20.6. The third kappa shape index (κ3) is 2.48. The fraction of sp³-hybridized carbons (Fsp3) is 0.467. The Bertz CT molecular complexity index is 555. The molecular formula is C15H17NO4. The summed E-state index contributed by atoms with van der Waals surface area (Å²) < 4.78 is 5.44. The Morgan fingerprint density at radius 2 is 2.25 bits per heavy atom. The standard InChI is InChI=1S/C15H17NO4/c17-14(16-5-3-12(9-16)15(18)19)8-10-1-2-13-11(7-10)4-6-20-13/h1-2,7,12H,3-6,8-9H2,(H,18,19). The van der Waals surface area contributed by atoms with Gasteiger partial charge in [-0.1, -0.05) is 12.1 Å². The maximum Gasteiger partial charge on any atom is 0.308 e. The number of carboxylic acid groups (broad SMARTS) is 1. The molecule has 1 N–H and O–H groups in total. The minimum absolute atomic E-state index is 0.00705. The van der Waals surface area contributed by atoms with Crippen LogP contribution in [-0.4, -0.2) is 41.6 Å². The molecule has 2 aliphatic heterocycles. The fourth-order valence-electron chi connectivity index (χ4n) is 2.82. The molecule has 1 aromatic rings. The van der Waals surface area contributed by atoms with Crippen molar-refractivity contribution in [3.63, 3.8) is 0 Å². The molecule has 2 aliphatic rings. The number of benzene rings is 1. The van der Waals surface area contributed by atoms with Gasteiger partial charge in [0.15, 0.2) is 0 Å². The minimum Gasteiger partial charge on any atom is -0.493 e. The highest BCUT2D eigenvalue weighted by Crippen LogP contribution is 2.26. The third-order valence-corrected chi connectivity index (χ3v) is 4.00. The Balaban J connectivity index is 1.63. The van der Waals surface area contributed by atoms with Crippen LogP contribution < -0.4 is 4.74 Å². The fourth-order valence-corrected chi connectivity index (χ4v) is 2.82. The number of hydrogen-bond acceptors (Lipinski definition) is 3. The lowest BCUT2D eigenvalue weighted by molar-refractivity contribution is -0.141. The van der Waals surface area contributed by atoms with Gasteiger partial charge in [-0.25, -0.2) is 0 Å². The number of fused-ring (bicyclic) bond motifs is 1. The maximum atomic E-state index is 12.2. The van der Waals surface area contributed by atoms with Crippen LogP contribution in [0.5, 0.6) is 5.75 Å². The number of hydrogen-bond donors (Lipinski definition) is 1. The van der Waals surface area contributed by atoms with Crippen molar-refractivity contribution >= 4 is 11.9 Å². The van der Waals surface area contributed by atoms with Crippen LogP contribution in [0, 0.1) is 5.92 Å². The smallest absolute Gasteiger partial charge is 0.308 e. The van der Waals surface area contributed by atoms with E-state index in [0.29, 0.717) is 32.5 Å². The van der Waals surface area contributed by atoms with Crippen LogP contribution in [0.4, 0.5) is 0 Å². The van der Waals surface area contributed by atoms with Gasteiger partial charge in [-0.3, -0.25) is 9.59 Å². The molecule has 3 rings (SSSR count). The van der Waals surface area contributed by atoms with Crippen molar-refractivity contribution in [2.75, 3.05) is 19.7 Å². The van der Waals surface area contributed by atoms with E-state index in [9.17, 15) is 9.59 Å². The largest absolute Gasteiger partial charge is 0.493 e. The van der Waals surface area contributed by atoms with Gasteiger partial charge in [-0.2, -0.15) is 0 Å². The molecule has 1 unspecified atom stereocenters. The number of carbonyl (C=O) groups is 2. The number of amides is 1. The van der Waals surface area contributed by atoms with E-state index in [4.69, 9.17) is 9.84 Å². The molecule has 106 valence electrons. The Morgan fingerprint density at radius 3 is 3.00 bits per heavy atom. The molecule has 5 nitrogen and oxygen atoms in total. The van der Waals surface area contributed by atoms with E-state index in [1.807, 2.05) is 18.2 Å². The van der Waals surface area contributed by atoms with Gasteiger partial charge in [0.25, 0.3) is 0 Å². The van der Waals surface area contributed by atoms with Crippen LogP contribution in [-0.2, 0) is 22.4 Å². The van der Waals surface area contributed by atoms with E-state index < -0.39 is 11.9 Å². The van der Waals surface area contributed by atoms with Crippen molar-refractivity contribution in [3.05, 3.63) is 29.3 Å². The van der Waals surface area contributed by atoms with E-state index in [-0.39, 0.29) is 5.91 Å². The highest BCUT2D eigenvalue weighted by Gasteiger charge is 2.30. The molecule has 2 heterocycles. The molecule has 1 amide bonds. The Kier molecular flexibility index (Phi) is 3.34. The second-order valence-electron chi connectivity index (χ2n) is 5.38. The number of aliphatic carboxylic acids is 1. The number of likely N-dealkylation sites (tertiary alicyclic amines) is 1. The molecule has 1 fully saturated rings. The average molecular weight is 275 g/mol. The van der Waals surface area contributed by atoms with E-state index in [1.54, 1.807) is 4.90 Å². The number of nitrogens with zero attached hydrogens (tertiary/aromatic N) is 1. The first-order valence-electron chi connectivity index (χ1n) is 6.88. The molecule has 0 bridgehead atoms. The first-order chi connectivity index (χ1) is 9.63. The van der Waals surface area contributed by atoms with Gasteiger partial charge in [-0.05, 0) is 23.6 Å². The van der Waals surface area contributed by atoms with Gasteiger partial charge in [0.1, 0.15) is 5.75 Å². The third-order valence-electron chi connectivity index (χ3n) is 4.00. The number of rotatable bonds is 3. The summed E-state index contributed by atoms with van der Waals surface area (Å²) in [5, 5.41) is 8.96. The van der Waals surface area contributed by atoms with Gasteiger partial charge in [0.05, 0.1) is 18.9 Å². The highest BCUT2D eigenvalue weighted by molar-refractivity contribution is 5.80. The van der Waals surface area contributed by atoms with Crippen LogP contribution in [0.25, 0.3) is 0 Å². The Hall–Kier alpha value is -2.04. The zero-order valence-corrected chi connectivity index (χ0v) is 11.2. The lowest BCUT2D eigenvalue weighted by atomic mass is 10.1. The van der Waals surface area contributed by atoms with Gasteiger partial charge >= 0.3 is 5.97 Å². The second kappa shape index (κ2) is 5.15. The second-order valence-corrected chi connectivity index (χ2v) is 5.38. The van der Waals surface area contributed by atoms with Crippen molar-refractivity contribution < 1.29 is 19.4 Å². The summed E-state index contributed by atoms with van der Waals surface area (Å²) in [6.45, 7) is 1.59. The summed E-state index contributed by atoms with van der Waals surface area (Å²) in [5.74, 6) is -0.303. The summed E-state index contributed by atoms with van der Waals surface area (Å²) in [4.78, 5) is 24.7. The molecule has 0 aliphatic carbocycles.